The molecule has 0 radical (unpaired) electrons. The number of carbonyl (C=O) groups is 1. The lowest BCUT2D eigenvalue weighted by Gasteiger charge is -2.16. The Hall–Kier alpha value is -2.20. The maximum absolute atomic E-state index is 12.0. The Morgan fingerprint density at radius 3 is 2.50 bits per heavy atom. The number of hydrogen-bond acceptors (Lipinski definition) is 3. The van der Waals surface area contributed by atoms with E-state index in [9.17, 15) is 4.79 Å². The predicted octanol–water partition coefficient (Wildman–Crippen LogP) is 3.92. The predicted molar refractivity (Wildman–Crippen MR) is 96.0 cm³/mol. The molecule has 0 saturated carbocycles. The molecule has 1 atom stereocenters. The Bertz CT molecular complexity index is 683. The summed E-state index contributed by atoms with van der Waals surface area (Å²) in [5, 5.41) is 3.27. The first kappa shape index (κ1) is 18.1. The molecule has 0 heterocycles. The molecule has 0 aromatic heterocycles. The molecule has 5 heteroatoms. The third-order valence-electron chi connectivity index (χ3n) is 3.37. The van der Waals surface area contributed by atoms with Crippen LogP contribution in [0.3, 0.4) is 0 Å². The molecule has 0 aliphatic carbocycles. The zero-order valence-corrected chi connectivity index (χ0v) is 14.9. The summed E-state index contributed by atoms with van der Waals surface area (Å²) in [5.74, 6) is 1.09. The van der Waals surface area contributed by atoms with Crippen molar-refractivity contribution in [1.29, 1.82) is 0 Å². The van der Waals surface area contributed by atoms with Crippen molar-refractivity contribution in [2.75, 3.05) is 13.2 Å². The Balaban J connectivity index is 1.75. The number of aryl methyl sites for hydroxylation is 2. The fraction of sp³-hybridized carbons (Fsp3) is 0.316. The maximum atomic E-state index is 12.0. The van der Waals surface area contributed by atoms with Crippen molar-refractivity contribution >= 4 is 17.5 Å². The Morgan fingerprint density at radius 1 is 1.17 bits per heavy atom. The Labute approximate surface area is 147 Å². The van der Waals surface area contributed by atoms with E-state index in [2.05, 4.69) is 11.4 Å². The van der Waals surface area contributed by atoms with Crippen LogP contribution in [0.5, 0.6) is 11.5 Å². The van der Waals surface area contributed by atoms with E-state index >= 15 is 0 Å². The number of hydrogen-bond donors (Lipinski definition) is 1. The first-order chi connectivity index (χ1) is 11.5. The van der Waals surface area contributed by atoms with Crippen LogP contribution in [-0.4, -0.2) is 25.2 Å². The molecule has 2 aromatic carbocycles. The van der Waals surface area contributed by atoms with Crippen LogP contribution < -0.4 is 14.8 Å². The highest BCUT2D eigenvalue weighted by Gasteiger charge is 2.15. The van der Waals surface area contributed by atoms with Crippen molar-refractivity contribution in [2.24, 2.45) is 0 Å². The van der Waals surface area contributed by atoms with Crippen LogP contribution in [0.2, 0.25) is 5.02 Å². The van der Waals surface area contributed by atoms with Gasteiger partial charge in [0.2, 0.25) is 0 Å². The second-order valence-electron chi connectivity index (χ2n) is 5.65. The number of rotatable bonds is 7. The van der Waals surface area contributed by atoms with Crippen molar-refractivity contribution in [3.8, 4) is 11.5 Å². The van der Waals surface area contributed by atoms with Crippen LogP contribution in [-0.2, 0) is 4.79 Å². The molecule has 128 valence electrons. The molecular weight excluding hydrogens is 326 g/mol. The van der Waals surface area contributed by atoms with Crippen LogP contribution in [0.4, 0.5) is 0 Å². The van der Waals surface area contributed by atoms with Gasteiger partial charge in [-0.2, -0.15) is 0 Å². The van der Waals surface area contributed by atoms with Gasteiger partial charge in [0.1, 0.15) is 18.1 Å². The highest BCUT2D eigenvalue weighted by atomic mass is 35.5. The number of carbonyl (C=O) groups excluding carboxylic acids is 1. The first-order valence-electron chi connectivity index (χ1n) is 7.85. The van der Waals surface area contributed by atoms with E-state index < -0.39 is 6.10 Å². The molecule has 0 saturated heterocycles. The monoisotopic (exact) mass is 347 g/mol. The van der Waals surface area contributed by atoms with Gasteiger partial charge >= 0.3 is 0 Å². The minimum atomic E-state index is -0.633. The third-order valence-corrected chi connectivity index (χ3v) is 3.69. The van der Waals surface area contributed by atoms with Gasteiger partial charge in [-0.15, -0.1) is 0 Å². The SMILES string of the molecule is Cc1cc(C)cc(OCCNC(=O)[C@@H](C)Oc2ccccc2Cl)c1. The first-order valence-corrected chi connectivity index (χ1v) is 8.23. The second-order valence-corrected chi connectivity index (χ2v) is 6.06. The van der Waals surface area contributed by atoms with E-state index in [-0.39, 0.29) is 5.91 Å². The van der Waals surface area contributed by atoms with E-state index in [4.69, 9.17) is 21.1 Å². The minimum Gasteiger partial charge on any atom is -0.492 e. The number of amides is 1. The standard InChI is InChI=1S/C19H22ClNO3/c1-13-10-14(2)12-16(11-13)23-9-8-21-19(22)15(3)24-18-7-5-4-6-17(18)20/h4-7,10-12,15H,8-9H2,1-3H3,(H,21,22)/t15-/m1/s1. The van der Waals surface area contributed by atoms with Crippen LogP contribution in [0, 0.1) is 13.8 Å². The highest BCUT2D eigenvalue weighted by Crippen LogP contribution is 2.24. The Morgan fingerprint density at radius 2 is 1.83 bits per heavy atom. The quantitative estimate of drug-likeness (QED) is 0.772. The highest BCUT2D eigenvalue weighted by molar-refractivity contribution is 6.32. The molecule has 2 aromatic rings. The van der Waals surface area contributed by atoms with Gasteiger partial charge in [0.15, 0.2) is 6.10 Å². The smallest absolute Gasteiger partial charge is 0.260 e. The average Bonchev–Trinajstić information content (AvgIpc) is 2.52. The number of para-hydroxylation sites is 1. The molecule has 0 bridgehead atoms. The van der Waals surface area contributed by atoms with Crippen molar-refractivity contribution in [3.05, 3.63) is 58.6 Å². The van der Waals surface area contributed by atoms with Gasteiger partial charge < -0.3 is 14.8 Å². The minimum absolute atomic E-state index is 0.209. The summed E-state index contributed by atoms with van der Waals surface area (Å²) in [5.41, 5.74) is 2.30. The zero-order chi connectivity index (χ0) is 17.5. The van der Waals surface area contributed by atoms with Gasteiger partial charge in [-0.3, -0.25) is 4.79 Å². The molecule has 24 heavy (non-hydrogen) atoms. The van der Waals surface area contributed by atoms with Gasteiger partial charge in [0.05, 0.1) is 11.6 Å². The number of ether oxygens (including phenoxy) is 2. The topological polar surface area (TPSA) is 47.6 Å². The molecule has 0 aliphatic heterocycles. The van der Waals surface area contributed by atoms with Crippen molar-refractivity contribution < 1.29 is 14.3 Å². The van der Waals surface area contributed by atoms with Gasteiger partial charge in [-0.1, -0.05) is 29.8 Å². The summed E-state index contributed by atoms with van der Waals surface area (Å²) < 4.78 is 11.2. The number of nitrogens with one attached hydrogen (secondary N) is 1. The third kappa shape index (κ3) is 5.46. The molecule has 1 N–H and O–H groups in total. The molecule has 4 nitrogen and oxygen atoms in total. The maximum Gasteiger partial charge on any atom is 0.260 e. The molecule has 0 aliphatic rings. The molecular formula is C19H22ClNO3. The molecule has 0 unspecified atom stereocenters. The van der Waals surface area contributed by atoms with E-state index in [0.717, 1.165) is 16.9 Å². The van der Waals surface area contributed by atoms with Gasteiger partial charge in [0.25, 0.3) is 5.91 Å². The van der Waals surface area contributed by atoms with Crippen molar-refractivity contribution in [3.63, 3.8) is 0 Å². The zero-order valence-electron chi connectivity index (χ0n) is 14.1. The lowest BCUT2D eigenvalue weighted by Crippen LogP contribution is -2.38. The molecule has 1 amide bonds. The largest absolute Gasteiger partial charge is 0.492 e. The van der Waals surface area contributed by atoms with E-state index in [1.807, 2.05) is 38.1 Å². The summed E-state index contributed by atoms with van der Waals surface area (Å²) in [6.07, 6.45) is -0.633. The van der Waals surface area contributed by atoms with E-state index in [1.165, 1.54) is 0 Å². The van der Waals surface area contributed by atoms with Gasteiger partial charge in [-0.05, 0) is 56.2 Å². The lowest BCUT2D eigenvalue weighted by molar-refractivity contribution is -0.127. The van der Waals surface area contributed by atoms with Crippen molar-refractivity contribution in [1.82, 2.24) is 5.32 Å². The fourth-order valence-electron chi connectivity index (χ4n) is 2.29. The van der Waals surface area contributed by atoms with Gasteiger partial charge in [0, 0.05) is 0 Å². The second kappa shape index (κ2) is 8.60. The molecule has 0 fully saturated rings. The Kier molecular flexibility index (Phi) is 6.50. The summed E-state index contributed by atoms with van der Waals surface area (Å²) in [6.45, 7) is 6.53. The summed E-state index contributed by atoms with van der Waals surface area (Å²) in [6, 6.07) is 13.1. The van der Waals surface area contributed by atoms with Gasteiger partial charge in [-0.25, -0.2) is 0 Å². The number of halogens is 1. The molecule has 0 spiro atoms. The van der Waals surface area contributed by atoms with Crippen molar-refractivity contribution in [2.45, 2.75) is 26.9 Å². The fourth-order valence-corrected chi connectivity index (χ4v) is 2.47. The normalized spacial score (nSPS) is 11.7. The summed E-state index contributed by atoms with van der Waals surface area (Å²) >= 11 is 6.02. The van der Waals surface area contributed by atoms with Crippen LogP contribution in [0.25, 0.3) is 0 Å². The average molecular weight is 348 g/mol. The van der Waals surface area contributed by atoms with Crippen LogP contribution >= 0.6 is 11.6 Å². The lowest BCUT2D eigenvalue weighted by atomic mass is 10.1. The number of benzene rings is 2. The summed E-state index contributed by atoms with van der Waals surface area (Å²) in [4.78, 5) is 12.0. The van der Waals surface area contributed by atoms with Crippen LogP contribution in [0.15, 0.2) is 42.5 Å². The summed E-state index contributed by atoms with van der Waals surface area (Å²) in [7, 11) is 0. The van der Waals surface area contributed by atoms with E-state index in [1.54, 1.807) is 19.1 Å². The van der Waals surface area contributed by atoms with E-state index in [0.29, 0.717) is 23.9 Å². The van der Waals surface area contributed by atoms with Crippen LogP contribution in [0.1, 0.15) is 18.1 Å². The molecule has 2 rings (SSSR count).